The van der Waals surface area contributed by atoms with Crippen molar-refractivity contribution in [2.24, 2.45) is 0 Å². The number of rotatable bonds is 2. The van der Waals surface area contributed by atoms with E-state index in [0.29, 0.717) is 18.7 Å². The van der Waals surface area contributed by atoms with Crippen LogP contribution in [0.4, 0.5) is 0 Å². The van der Waals surface area contributed by atoms with Crippen LogP contribution in [-0.4, -0.2) is 33.9 Å². The van der Waals surface area contributed by atoms with Gasteiger partial charge in [0.1, 0.15) is 5.52 Å². The molecule has 0 saturated carbocycles. The summed E-state index contributed by atoms with van der Waals surface area (Å²) in [6.07, 6.45) is 3.45. The molecule has 0 spiro atoms. The van der Waals surface area contributed by atoms with Crippen molar-refractivity contribution in [1.82, 2.24) is 14.9 Å². The molecule has 4 aromatic rings. The third-order valence-electron chi connectivity index (χ3n) is 5.30. The molecule has 0 N–H and O–H groups in total. The van der Waals surface area contributed by atoms with Gasteiger partial charge in [-0.15, -0.1) is 0 Å². The van der Waals surface area contributed by atoms with Crippen LogP contribution < -0.4 is 0 Å². The van der Waals surface area contributed by atoms with Gasteiger partial charge >= 0.3 is 0 Å². The number of likely N-dealkylation sites (tertiary alicyclic amines) is 1. The maximum absolute atomic E-state index is 13.0. The molecular formula is C22H19N3O2. The third-order valence-corrected chi connectivity index (χ3v) is 5.30. The lowest BCUT2D eigenvalue weighted by atomic mass is 9.96. The highest BCUT2D eigenvalue weighted by Crippen LogP contribution is 2.31. The van der Waals surface area contributed by atoms with Crippen LogP contribution in [0.3, 0.4) is 0 Å². The molecule has 3 heterocycles. The van der Waals surface area contributed by atoms with Gasteiger partial charge in [-0.25, -0.2) is 4.98 Å². The largest absolute Gasteiger partial charge is 0.440 e. The number of fused-ring (bicyclic) bond motifs is 2. The van der Waals surface area contributed by atoms with E-state index < -0.39 is 0 Å². The number of oxazole rings is 1. The Morgan fingerprint density at radius 1 is 1.00 bits per heavy atom. The summed E-state index contributed by atoms with van der Waals surface area (Å²) in [6.45, 7) is 1.40. The summed E-state index contributed by atoms with van der Waals surface area (Å²) in [6, 6.07) is 17.5. The molecule has 1 amide bonds. The smallest absolute Gasteiger partial charge is 0.256 e. The summed E-state index contributed by atoms with van der Waals surface area (Å²) in [5.74, 6) is 1.09. The van der Waals surface area contributed by atoms with E-state index in [-0.39, 0.29) is 11.8 Å². The van der Waals surface area contributed by atoms with Crippen LogP contribution in [0.5, 0.6) is 0 Å². The molecule has 1 aliphatic rings. The lowest BCUT2D eigenvalue weighted by Crippen LogP contribution is -2.38. The zero-order valence-corrected chi connectivity index (χ0v) is 14.8. The standard InChI is InChI=1S/C22H19N3O2/c26-22(17-7-3-5-15-6-4-12-23-20(15)17)25-13-10-16(11-14-25)21-24-18-8-1-2-9-19(18)27-21/h1-9,12,16H,10-11,13-14H2. The summed E-state index contributed by atoms with van der Waals surface area (Å²) in [4.78, 5) is 24.0. The van der Waals surface area contributed by atoms with Gasteiger partial charge in [-0.2, -0.15) is 0 Å². The van der Waals surface area contributed by atoms with Gasteiger partial charge in [0.2, 0.25) is 0 Å². The molecule has 1 fully saturated rings. The number of carbonyl (C=O) groups is 1. The van der Waals surface area contributed by atoms with E-state index in [0.717, 1.165) is 40.7 Å². The van der Waals surface area contributed by atoms with E-state index in [4.69, 9.17) is 4.42 Å². The second kappa shape index (κ2) is 6.50. The minimum absolute atomic E-state index is 0.0512. The molecule has 0 radical (unpaired) electrons. The van der Waals surface area contributed by atoms with E-state index in [1.54, 1.807) is 6.20 Å². The molecule has 5 nitrogen and oxygen atoms in total. The van der Waals surface area contributed by atoms with Gasteiger partial charge < -0.3 is 9.32 Å². The second-order valence-corrected chi connectivity index (χ2v) is 6.97. The van der Waals surface area contributed by atoms with E-state index in [1.807, 2.05) is 59.5 Å². The Balaban J connectivity index is 1.34. The average Bonchev–Trinajstić information content (AvgIpc) is 3.17. The van der Waals surface area contributed by atoms with Gasteiger partial charge in [0, 0.05) is 30.6 Å². The fourth-order valence-electron chi connectivity index (χ4n) is 3.84. The zero-order chi connectivity index (χ0) is 18.2. The quantitative estimate of drug-likeness (QED) is 0.534. The normalized spacial score (nSPS) is 15.5. The molecule has 5 heteroatoms. The average molecular weight is 357 g/mol. The summed E-state index contributed by atoms with van der Waals surface area (Å²) in [7, 11) is 0. The fraction of sp³-hybridized carbons (Fsp3) is 0.227. The Bertz CT molecular complexity index is 1090. The van der Waals surface area contributed by atoms with Gasteiger partial charge in [0.15, 0.2) is 11.5 Å². The van der Waals surface area contributed by atoms with Gasteiger partial charge in [-0.1, -0.05) is 30.3 Å². The fourth-order valence-corrected chi connectivity index (χ4v) is 3.84. The molecule has 2 aromatic heterocycles. The number of carbonyl (C=O) groups excluding carboxylic acids is 1. The van der Waals surface area contributed by atoms with Crippen molar-refractivity contribution < 1.29 is 9.21 Å². The minimum Gasteiger partial charge on any atom is -0.440 e. The Labute approximate surface area is 156 Å². The lowest BCUT2D eigenvalue weighted by molar-refractivity contribution is 0.0708. The maximum Gasteiger partial charge on any atom is 0.256 e. The lowest BCUT2D eigenvalue weighted by Gasteiger charge is -2.30. The number of hydrogen-bond acceptors (Lipinski definition) is 4. The highest BCUT2D eigenvalue weighted by Gasteiger charge is 2.28. The SMILES string of the molecule is O=C(c1cccc2cccnc12)N1CCC(c2nc3ccccc3o2)CC1. The summed E-state index contributed by atoms with van der Waals surface area (Å²) in [5, 5.41) is 0.990. The van der Waals surface area contributed by atoms with E-state index >= 15 is 0 Å². The second-order valence-electron chi connectivity index (χ2n) is 6.97. The molecule has 5 rings (SSSR count). The highest BCUT2D eigenvalue weighted by molar-refractivity contribution is 6.05. The Hall–Kier alpha value is -3.21. The van der Waals surface area contributed by atoms with Crippen LogP contribution >= 0.6 is 0 Å². The number of nitrogens with zero attached hydrogens (tertiary/aromatic N) is 3. The number of benzene rings is 2. The Morgan fingerprint density at radius 3 is 2.67 bits per heavy atom. The van der Waals surface area contributed by atoms with Gasteiger partial charge in [0.25, 0.3) is 5.91 Å². The predicted molar refractivity (Wildman–Crippen MR) is 104 cm³/mol. The summed E-state index contributed by atoms with van der Waals surface area (Å²) in [5.41, 5.74) is 3.17. The van der Waals surface area contributed by atoms with Crippen molar-refractivity contribution in [1.29, 1.82) is 0 Å². The van der Waals surface area contributed by atoms with Crippen molar-refractivity contribution in [3.05, 3.63) is 72.2 Å². The number of hydrogen-bond donors (Lipinski definition) is 0. The molecule has 1 saturated heterocycles. The minimum atomic E-state index is 0.0512. The monoisotopic (exact) mass is 357 g/mol. The Kier molecular flexibility index (Phi) is 3.85. The predicted octanol–water partition coefficient (Wildman–Crippen LogP) is 4.40. The third kappa shape index (κ3) is 2.85. The van der Waals surface area contributed by atoms with Crippen LogP contribution in [0.2, 0.25) is 0 Å². The number of piperidine rings is 1. The number of para-hydroxylation sites is 3. The van der Waals surface area contributed by atoms with Gasteiger partial charge in [-0.3, -0.25) is 9.78 Å². The van der Waals surface area contributed by atoms with Crippen molar-refractivity contribution in [2.45, 2.75) is 18.8 Å². The van der Waals surface area contributed by atoms with Crippen LogP contribution in [-0.2, 0) is 0 Å². The van der Waals surface area contributed by atoms with E-state index in [9.17, 15) is 4.79 Å². The van der Waals surface area contributed by atoms with Crippen molar-refractivity contribution in [3.63, 3.8) is 0 Å². The summed E-state index contributed by atoms with van der Waals surface area (Å²) >= 11 is 0. The summed E-state index contributed by atoms with van der Waals surface area (Å²) < 4.78 is 5.92. The molecule has 1 aliphatic heterocycles. The molecular weight excluding hydrogens is 338 g/mol. The van der Waals surface area contributed by atoms with Crippen LogP contribution in [0.1, 0.15) is 35.0 Å². The molecule has 27 heavy (non-hydrogen) atoms. The topological polar surface area (TPSA) is 59.2 Å². The molecule has 0 atom stereocenters. The van der Waals surface area contributed by atoms with Gasteiger partial charge in [-0.05, 0) is 37.1 Å². The molecule has 0 bridgehead atoms. The first kappa shape index (κ1) is 16.0. The Morgan fingerprint density at radius 2 is 1.81 bits per heavy atom. The molecule has 0 aliphatic carbocycles. The van der Waals surface area contributed by atoms with Crippen LogP contribution in [0, 0.1) is 0 Å². The van der Waals surface area contributed by atoms with Crippen molar-refractivity contribution >= 4 is 27.9 Å². The van der Waals surface area contributed by atoms with Crippen molar-refractivity contribution in [3.8, 4) is 0 Å². The maximum atomic E-state index is 13.0. The first-order chi connectivity index (χ1) is 13.3. The highest BCUT2D eigenvalue weighted by atomic mass is 16.3. The molecule has 0 unspecified atom stereocenters. The van der Waals surface area contributed by atoms with Gasteiger partial charge in [0.05, 0.1) is 11.1 Å². The number of amides is 1. The van der Waals surface area contributed by atoms with E-state index in [2.05, 4.69) is 9.97 Å². The van der Waals surface area contributed by atoms with Crippen LogP contribution in [0.15, 0.2) is 65.2 Å². The number of aromatic nitrogens is 2. The van der Waals surface area contributed by atoms with Crippen molar-refractivity contribution in [2.75, 3.05) is 13.1 Å². The molecule has 134 valence electrons. The van der Waals surface area contributed by atoms with Crippen LogP contribution in [0.25, 0.3) is 22.0 Å². The first-order valence-corrected chi connectivity index (χ1v) is 9.28. The van der Waals surface area contributed by atoms with E-state index in [1.165, 1.54) is 0 Å². The zero-order valence-electron chi connectivity index (χ0n) is 14.8. The first-order valence-electron chi connectivity index (χ1n) is 9.28. The number of pyridine rings is 1. The molecule has 2 aromatic carbocycles.